The van der Waals surface area contributed by atoms with E-state index in [1.165, 1.54) is 128 Å². The SMILES string of the molecule is CCCCCCCCCCCCCCCC(=O)OP(=O)(OCCN)OC(=O)CCCCCCCCCCCCCCC. The van der Waals surface area contributed by atoms with Gasteiger partial charge in [-0.15, -0.1) is 0 Å². The Balaban J connectivity index is 3.91. The Bertz CT molecular complexity index is 612. The van der Waals surface area contributed by atoms with Crippen LogP contribution in [0.2, 0.25) is 0 Å². The van der Waals surface area contributed by atoms with Crippen molar-refractivity contribution in [2.45, 2.75) is 194 Å². The van der Waals surface area contributed by atoms with Gasteiger partial charge in [-0.05, 0) is 12.8 Å². The van der Waals surface area contributed by atoms with Crippen LogP contribution in [-0.4, -0.2) is 25.1 Å². The Morgan fingerprint density at radius 1 is 0.476 bits per heavy atom. The van der Waals surface area contributed by atoms with Crippen LogP contribution in [0.4, 0.5) is 0 Å². The maximum atomic E-state index is 12.9. The smallest absolute Gasteiger partial charge is 0.361 e. The number of phosphoric ester groups is 1. The summed E-state index contributed by atoms with van der Waals surface area (Å²) in [6, 6.07) is 0. The lowest BCUT2D eigenvalue weighted by Gasteiger charge is -2.16. The number of carbonyl (C=O) groups excluding carboxylic acids is 2. The van der Waals surface area contributed by atoms with Gasteiger partial charge in [0.25, 0.3) is 0 Å². The van der Waals surface area contributed by atoms with Crippen molar-refractivity contribution in [1.82, 2.24) is 0 Å². The minimum absolute atomic E-state index is 0.0802. The van der Waals surface area contributed by atoms with Crippen molar-refractivity contribution in [3.63, 3.8) is 0 Å². The molecule has 42 heavy (non-hydrogen) atoms. The lowest BCUT2D eigenvalue weighted by Crippen LogP contribution is -2.14. The minimum Gasteiger partial charge on any atom is -0.361 e. The van der Waals surface area contributed by atoms with Crippen LogP contribution in [-0.2, 0) is 27.7 Å². The van der Waals surface area contributed by atoms with E-state index < -0.39 is 19.8 Å². The first-order chi connectivity index (χ1) is 20.5. The highest BCUT2D eigenvalue weighted by atomic mass is 31.2. The Kier molecular flexibility index (Phi) is 30.8. The predicted octanol–water partition coefficient (Wildman–Crippen LogP) is 11.1. The van der Waals surface area contributed by atoms with Crippen molar-refractivity contribution >= 4 is 19.8 Å². The summed E-state index contributed by atoms with van der Waals surface area (Å²) in [5.41, 5.74) is 5.45. The zero-order valence-electron chi connectivity index (χ0n) is 27.7. The third kappa shape index (κ3) is 29.2. The first-order valence-corrected chi connectivity index (χ1v) is 19.3. The van der Waals surface area contributed by atoms with E-state index in [9.17, 15) is 14.2 Å². The molecule has 0 aromatic heterocycles. The van der Waals surface area contributed by atoms with Crippen LogP contribution in [0.1, 0.15) is 194 Å². The molecule has 0 aromatic carbocycles. The van der Waals surface area contributed by atoms with Gasteiger partial charge in [-0.25, -0.2) is 4.57 Å². The Labute approximate surface area is 259 Å². The topological polar surface area (TPSA) is 105 Å². The van der Waals surface area contributed by atoms with Gasteiger partial charge in [0.2, 0.25) is 0 Å². The minimum atomic E-state index is -4.30. The van der Waals surface area contributed by atoms with Crippen molar-refractivity contribution in [2.24, 2.45) is 5.73 Å². The summed E-state index contributed by atoms with van der Waals surface area (Å²) in [5.74, 6) is -1.32. The Morgan fingerprint density at radius 2 is 0.738 bits per heavy atom. The summed E-state index contributed by atoms with van der Waals surface area (Å²) in [5, 5.41) is 0. The molecule has 0 aromatic rings. The average Bonchev–Trinajstić information content (AvgIpc) is 2.96. The molecule has 2 N–H and O–H groups in total. The van der Waals surface area contributed by atoms with Gasteiger partial charge in [-0.2, -0.15) is 0 Å². The van der Waals surface area contributed by atoms with Gasteiger partial charge in [0.15, 0.2) is 0 Å². The molecule has 7 nitrogen and oxygen atoms in total. The first-order valence-electron chi connectivity index (χ1n) is 17.9. The van der Waals surface area contributed by atoms with Gasteiger partial charge < -0.3 is 14.8 Å². The summed E-state index contributed by atoms with van der Waals surface area (Å²) >= 11 is 0. The van der Waals surface area contributed by atoms with Crippen molar-refractivity contribution < 1.29 is 27.7 Å². The second-order valence-corrected chi connectivity index (χ2v) is 13.5. The number of hydrogen-bond acceptors (Lipinski definition) is 7. The van der Waals surface area contributed by atoms with E-state index in [0.717, 1.165) is 25.7 Å². The van der Waals surface area contributed by atoms with Crippen LogP contribution >= 0.6 is 7.82 Å². The summed E-state index contributed by atoms with van der Waals surface area (Å²) in [6.45, 7) is 4.46. The number of hydrogen-bond donors (Lipinski definition) is 1. The molecule has 0 aliphatic rings. The van der Waals surface area contributed by atoms with Crippen molar-refractivity contribution in [3.8, 4) is 0 Å². The molecule has 0 radical (unpaired) electrons. The maximum Gasteiger partial charge on any atom is 0.592 e. The van der Waals surface area contributed by atoms with E-state index in [-0.39, 0.29) is 26.0 Å². The zero-order chi connectivity index (χ0) is 31.0. The van der Waals surface area contributed by atoms with Gasteiger partial charge in [-0.1, -0.05) is 168 Å². The fourth-order valence-electron chi connectivity index (χ4n) is 5.15. The molecule has 0 atom stereocenters. The van der Waals surface area contributed by atoms with Gasteiger partial charge >= 0.3 is 19.8 Å². The quantitative estimate of drug-likeness (QED) is 0.0577. The standard InChI is InChI=1S/C34H68NO6P/c1-3-5-7-9-11-13-15-17-19-21-23-25-27-29-33(36)40-42(38,39-32-31-35)41-34(37)30-28-26-24-22-20-18-16-14-12-10-8-6-4-2/h3-32,35H2,1-2H3. The first kappa shape index (κ1) is 41.1. The maximum absolute atomic E-state index is 12.9. The van der Waals surface area contributed by atoms with Crippen molar-refractivity contribution in [3.05, 3.63) is 0 Å². The van der Waals surface area contributed by atoms with Crippen LogP contribution in [0.25, 0.3) is 0 Å². The molecule has 0 bridgehead atoms. The van der Waals surface area contributed by atoms with Crippen LogP contribution in [0.5, 0.6) is 0 Å². The Morgan fingerprint density at radius 3 is 1.00 bits per heavy atom. The third-order valence-electron chi connectivity index (χ3n) is 7.76. The van der Waals surface area contributed by atoms with Crippen molar-refractivity contribution in [2.75, 3.05) is 13.2 Å². The zero-order valence-corrected chi connectivity index (χ0v) is 28.6. The lowest BCUT2D eigenvalue weighted by atomic mass is 10.0. The Hall–Kier alpha value is -0.910. The molecule has 0 aliphatic heterocycles. The van der Waals surface area contributed by atoms with Gasteiger partial charge in [0, 0.05) is 19.4 Å². The molecule has 0 saturated heterocycles. The summed E-state index contributed by atoms with van der Waals surface area (Å²) in [7, 11) is -4.30. The molecule has 0 fully saturated rings. The van der Waals surface area contributed by atoms with E-state index in [1.807, 2.05) is 0 Å². The predicted molar refractivity (Wildman–Crippen MR) is 175 cm³/mol. The molecule has 250 valence electrons. The molecule has 8 heteroatoms. The number of unbranched alkanes of at least 4 members (excludes halogenated alkanes) is 24. The average molecular weight is 618 g/mol. The summed E-state index contributed by atoms with van der Waals surface area (Å²) < 4.78 is 28.1. The fourth-order valence-corrected chi connectivity index (χ4v) is 6.30. The van der Waals surface area contributed by atoms with Crippen LogP contribution in [0.3, 0.4) is 0 Å². The molecule has 0 saturated carbocycles. The normalized spacial score (nSPS) is 11.6. The number of rotatable bonds is 33. The molecule has 0 aliphatic carbocycles. The molecule has 0 unspecified atom stereocenters. The molecular weight excluding hydrogens is 549 g/mol. The number of nitrogens with two attached hydrogens (primary N) is 1. The second-order valence-electron chi connectivity index (χ2n) is 12.0. The second kappa shape index (κ2) is 31.5. The number of carbonyl (C=O) groups is 2. The molecule has 0 rings (SSSR count). The van der Waals surface area contributed by atoms with Crippen LogP contribution < -0.4 is 5.73 Å². The highest BCUT2D eigenvalue weighted by Crippen LogP contribution is 2.50. The molecular formula is C34H68NO6P. The highest BCUT2D eigenvalue weighted by Gasteiger charge is 2.34. The van der Waals surface area contributed by atoms with Crippen LogP contribution in [0, 0.1) is 0 Å². The van der Waals surface area contributed by atoms with E-state index in [4.69, 9.17) is 19.3 Å². The van der Waals surface area contributed by atoms with E-state index in [2.05, 4.69) is 13.8 Å². The lowest BCUT2D eigenvalue weighted by molar-refractivity contribution is -0.141. The summed E-state index contributed by atoms with van der Waals surface area (Å²) in [4.78, 5) is 24.6. The van der Waals surface area contributed by atoms with Gasteiger partial charge in [-0.3, -0.25) is 14.1 Å². The molecule has 0 spiro atoms. The van der Waals surface area contributed by atoms with Gasteiger partial charge in [0.05, 0.1) is 6.61 Å². The van der Waals surface area contributed by atoms with Gasteiger partial charge in [0.1, 0.15) is 0 Å². The molecule has 0 amide bonds. The fraction of sp³-hybridized carbons (Fsp3) is 0.941. The largest absolute Gasteiger partial charge is 0.592 e. The molecule has 0 heterocycles. The van der Waals surface area contributed by atoms with Crippen molar-refractivity contribution in [1.29, 1.82) is 0 Å². The van der Waals surface area contributed by atoms with E-state index >= 15 is 0 Å². The highest BCUT2D eigenvalue weighted by molar-refractivity contribution is 7.49. The number of phosphoric acid groups is 1. The monoisotopic (exact) mass is 617 g/mol. The van der Waals surface area contributed by atoms with Crippen LogP contribution in [0.15, 0.2) is 0 Å². The van der Waals surface area contributed by atoms with E-state index in [1.54, 1.807) is 0 Å². The summed E-state index contributed by atoms with van der Waals surface area (Å²) in [6.07, 6.45) is 31.7. The third-order valence-corrected chi connectivity index (χ3v) is 9.12. The van der Waals surface area contributed by atoms with E-state index in [0.29, 0.717) is 12.8 Å².